The van der Waals surface area contributed by atoms with Crippen molar-refractivity contribution in [1.82, 2.24) is 0 Å². The van der Waals surface area contributed by atoms with Gasteiger partial charge in [-0.15, -0.1) is 0 Å². The van der Waals surface area contributed by atoms with Crippen LogP contribution >= 0.6 is 22.6 Å². The molecule has 0 spiro atoms. The van der Waals surface area contributed by atoms with Gasteiger partial charge in [0.25, 0.3) is 0 Å². The maximum atomic E-state index is 5.81. The minimum atomic E-state index is 0.512. The minimum absolute atomic E-state index is 0.512. The zero-order chi connectivity index (χ0) is 12.5. The highest BCUT2D eigenvalue weighted by atomic mass is 127. The average Bonchev–Trinajstić information content (AvgIpc) is 2.30. The summed E-state index contributed by atoms with van der Waals surface area (Å²) in [6.07, 6.45) is 0.905. The van der Waals surface area contributed by atoms with Crippen molar-refractivity contribution in [3.8, 4) is 5.75 Å². The number of ether oxygens (including phenoxy) is 3. The molecule has 0 saturated heterocycles. The van der Waals surface area contributed by atoms with E-state index in [1.54, 1.807) is 7.11 Å². The molecule has 96 valence electrons. The molecule has 0 atom stereocenters. The van der Waals surface area contributed by atoms with Crippen molar-refractivity contribution in [1.29, 1.82) is 0 Å². The van der Waals surface area contributed by atoms with E-state index in [2.05, 4.69) is 22.6 Å². The summed E-state index contributed by atoms with van der Waals surface area (Å²) in [4.78, 5) is 0. The SMILES string of the molecule is COCCCOCCOc1ccc(I)cc1N. The summed E-state index contributed by atoms with van der Waals surface area (Å²) in [5.41, 5.74) is 6.48. The number of halogens is 1. The van der Waals surface area contributed by atoms with Gasteiger partial charge in [-0.05, 0) is 47.2 Å². The number of hydrogen-bond acceptors (Lipinski definition) is 4. The van der Waals surface area contributed by atoms with Crippen molar-refractivity contribution < 1.29 is 14.2 Å². The van der Waals surface area contributed by atoms with E-state index in [0.29, 0.717) is 31.3 Å². The Morgan fingerprint density at radius 2 is 2.00 bits per heavy atom. The van der Waals surface area contributed by atoms with Crippen LogP contribution in [0.15, 0.2) is 18.2 Å². The number of benzene rings is 1. The Hall–Kier alpha value is -0.530. The maximum absolute atomic E-state index is 5.81. The molecule has 0 aliphatic carbocycles. The monoisotopic (exact) mass is 351 g/mol. The molecular weight excluding hydrogens is 333 g/mol. The van der Waals surface area contributed by atoms with E-state index in [9.17, 15) is 0 Å². The van der Waals surface area contributed by atoms with Gasteiger partial charge in [-0.1, -0.05) is 0 Å². The van der Waals surface area contributed by atoms with Crippen LogP contribution in [0.2, 0.25) is 0 Å². The molecular formula is C12H18INO3. The van der Waals surface area contributed by atoms with Crippen molar-refractivity contribution in [2.24, 2.45) is 0 Å². The van der Waals surface area contributed by atoms with E-state index >= 15 is 0 Å². The summed E-state index contributed by atoms with van der Waals surface area (Å²) in [6, 6.07) is 5.73. The predicted molar refractivity (Wildman–Crippen MR) is 76.4 cm³/mol. The lowest BCUT2D eigenvalue weighted by molar-refractivity contribution is 0.0808. The average molecular weight is 351 g/mol. The molecule has 2 N–H and O–H groups in total. The van der Waals surface area contributed by atoms with Crippen LogP contribution in [0, 0.1) is 3.57 Å². The highest BCUT2D eigenvalue weighted by molar-refractivity contribution is 14.1. The minimum Gasteiger partial charge on any atom is -0.489 e. The molecule has 0 heterocycles. The number of rotatable bonds is 8. The fourth-order valence-corrected chi connectivity index (χ4v) is 1.78. The molecule has 0 aliphatic heterocycles. The van der Waals surface area contributed by atoms with Gasteiger partial charge < -0.3 is 19.9 Å². The Kier molecular flexibility index (Phi) is 7.30. The largest absolute Gasteiger partial charge is 0.489 e. The number of nitrogen functional groups attached to an aromatic ring is 1. The van der Waals surface area contributed by atoms with Gasteiger partial charge in [0, 0.05) is 23.9 Å². The lowest BCUT2D eigenvalue weighted by atomic mass is 10.3. The molecule has 0 aliphatic rings. The molecule has 5 heteroatoms. The second-order valence-corrected chi connectivity index (χ2v) is 4.73. The van der Waals surface area contributed by atoms with Crippen LogP contribution in [0.4, 0.5) is 5.69 Å². The Labute approximate surface area is 116 Å². The number of nitrogens with two attached hydrogens (primary N) is 1. The third-order valence-corrected chi connectivity index (χ3v) is 2.77. The topological polar surface area (TPSA) is 53.7 Å². The molecule has 1 aromatic carbocycles. The fraction of sp³-hybridized carbons (Fsp3) is 0.500. The number of hydrogen-bond donors (Lipinski definition) is 1. The molecule has 0 radical (unpaired) electrons. The zero-order valence-corrected chi connectivity index (χ0v) is 12.1. The first kappa shape index (κ1) is 14.5. The van der Waals surface area contributed by atoms with Crippen LogP contribution < -0.4 is 10.5 Å². The number of methoxy groups -OCH3 is 1. The van der Waals surface area contributed by atoms with Crippen LogP contribution in [0.5, 0.6) is 5.75 Å². The predicted octanol–water partition coefficient (Wildman–Crippen LogP) is 2.31. The Balaban J connectivity index is 2.14. The maximum Gasteiger partial charge on any atom is 0.142 e. The molecule has 0 bridgehead atoms. The number of anilines is 1. The van der Waals surface area contributed by atoms with Crippen LogP contribution in [-0.4, -0.2) is 33.5 Å². The highest BCUT2D eigenvalue weighted by Crippen LogP contribution is 2.23. The summed E-state index contributed by atoms with van der Waals surface area (Å²) in [5.74, 6) is 0.714. The van der Waals surface area contributed by atoms with Gasteiger partial charge in [0.2, 0.25) is 0 Å². The third kappa shape index (κ3) is 6.09. The summed E-state index contributed by atoms with van der Waals surface area (Å²) in [5, 5.41) is 0. The highest BCUT2D eigenvalue weighted by Gasteiger charge is 2.00. The second kappa shape index (κ2) is 8.54. The molecule has 1 rings (SSSR count). The third-order valence-electron chi connectivity index (χ3n) is 2.09. The van der Waals surface area contributed by atoms with Gasteiger partial charge >= 0.3 is 0 Å². The quantitative estimate of drug-likeness (QED) is 0.444. The van der Waals surface area contributed by atoms with Gasteiger partial charge in [-0.3, -0.25) is 0 Å². The van der Waals surface area contributed by atoms with Gasteiger partial charge in [0.05, 0.1) is 12.3 Å². The van der Waals surface area contributed by atoms with Crippen molar-refractivity contribution in [2.45, 2.75) is 6.42 Å². The van der Waals surface area contributed by atoms with Crippen LogP contribution in [0.3, 0.4) is 0 Å². The normalized spacial score (nSPS) is 10.5. The smallest absolute Gasteiger partial charge is 0.142 e. The standard InChI is InChI=1S/C12H18INO3/c1-15-5-2-6-16-7-8-17-12-4-3-10(13)9-11(12)14/h3-4,9H,2,5-8,14H2,1H3. The molecule has 0 fully saturated rings. The van der Waals surface area contributed by atoms with Gasteiger partial charge in [-0.25, -0.2) is 0 Å². The molecule has 4 nitrogen and oxygen atoms in total. The van der Waals surface area contributed by atoms with E-state index < -0.39 is 0 Å². The first-order valence-corrected chi connectivity index (χ1v) is 6.56. The van der Waals surface area contributed by atoms with Gasteiger partial charge in [0.15, 0.2) is 0 Å². The fourth-order valence-electron chi connectivity index (χ4n) is 1.27. The molecule has 17 heavy (non-hydrogen) atoms. The Bertz CT molecular complexity index is 334. The summed E-state index contributed by atoms with van der Waals surface area (Å²) in [7, 11) is 1.68. The summed E-state index contributed by atoms with van der Waals surface area (Å²) >= 11 is 2.21. The molecule has 1 aromatic rings. The van der Waals surface area contributed by atoms with E-state index in [4.69, 9.17) is 19.9 Å². The van der Waals surface area contributed by atoms with Crippen molar-refractivity contribution in [3.05, 3.63) is 21.8 Å². The molecule has 0 aromatic heterocycles. The lowest BCUT2D eigenvalue weighted by Gasteiger charge is -2.09. The Morgan fingerprint density at radius 1 is 1.18 bits per heavy atom. The van der Waals surface area contributed by atoms with E-state index in [1.165, 1.54) is 0 Å². The van der Waals surface area contributed by atoms with E-state index in [-0.39, 0.29) is 0 Å². The van der Waals surface area contributed by atoms with E-state index in [0.717, 1.165) is 16.6 Å². The van der Waals surface area contributed by atoms with Crippen molar-refractivity contribution >= 4 is 28.3 Å². The summed E-state index contributed by atoms with van der Waals surface area (Å²) in [6.45, 7) is 2.50. The molecule has 0 unspecified atom stereocenters. The van der Waals surface area contributed by atoms with Crippen LogP contribution in [0.25, 0.3) is 0 Å². The van der Waals surface area contributed by atoms with Crippen molar-refractivity contribution in [2.75, 3.05) is 39.3 Å². The van der Waals surface area contributed by atoms with Gasteiger partial charge in [-0.2, -0.15) is 0 Å². The Morgan fingerprint density at radius 3 is 2.71 bits per heavy atom. The molecule has 0 amide bonds. The second-order valence-electron chi connectivity index (χ2n) is 3.49. The van der Waals surface area contributed by atoms with Crippen LogP contribution in [0.1, 0.15) is 6.42 Å². The van der Waals surface area contributed by atoms with Gasteiger partial charge in [0.1, 0.15) is 12.4 Å². The first-order valence-electron chi connectivity index (χ1n) is 5.48. The first-order chi connectivity index (χ1) is 8.24. The van der Waals surface area contributed by atoms with Crippen LogP contribution in [-0.2, 0) is 9.47 Å². The molecule has 0 saturated carbocycles. The lowest BCUT2D eigenvalue weighted by Crippen LogP contribution is -2.09. The summed E-state index contributed by atoms with van der Waals surface area (Å²) < 4.78 is 16.9. The van der Waals surface area contributed by atoms with E-state index in [1.807, 2.05) is 18.2 Å². The van der Waals surface area contributed by atoms with Crippen molar-refractivity contribution in [3.63, 3.8) is 0 Å². The zero-order valence-electron chi connectivity index (χ0n) is 9.95.